The van der Waals surface area contributed by atoms with Gasteiger partial charge in [0.15, 0.2) is 0 Å². The molecule has 17 heavy (non-hydrogen) atoms. The Morgan fingerprint density at radius 1 is 0.647 bits per heavy atom. The third-order valence-corrected chi connectivity index (χ3v) is 2.66. The largest absolute Gasteiger partial charge is 0.288 e. The summed E-state index contributed by atoms with van der Waals surface area (Å²) in [5.41, 5.74) is 0.0999. The van der Waals surface area contributed by atoms with E-state index < -0.39 is 11.1 Å². The van der Waals surface area contributed by atoms with E-state index in [4.69, 9.17) is 0 Å². The lowest BCUT2D eigenvalue weighted by molar-refractivity contribution is 0.952. The zero-order chi connectivity index (χ0) is 11.6. The maximum Gasteiger partial charge on any atom is 0.261 e. The number of aromatic nitrogens is 7. The Balaban J connectivity index is 2.63. The van der Waals surface area contributed by atoms with E-state index in [9.17, 15) is 9.59 Å². The number of rotatable bonds is 0. The van der Waals surface area contributed by atoms with Crippen molar-refractivity contribution in [2.45, 2.75) is 0 Å². The number of nitrogens with one attached hydrogen (secondary N) is 1. The van der Waals surface area contributed by atoms with Gasteiger partial charge in [-0.2, -0.15) is 0 Å². The molecule has 0 aliphatic heterocycles. The molecule has 0 unspecified atom stereocenters. The van der Waals surface area contributed by atoms with Crippen molar-refractivity contribution in [1.29, 1.82) is 0 Å². The zero-order valence-electron chi connectivity index (χ0n) is 8.00. The van der Waals surface area contributed by atoms with Gasteiger partial charge in [-0.1, -0.05) is 0 Å². The van der Waals surface area contributed by atoms with Crippen molar-refractivity contribution in [3.63, 3.8) is 0 Å². The monoisotopic (exact) mass is 227 g/mol. The van der Waals surface area contributed by atoms with Gasteiger partial charge >= 0.3 is 0 Å². The molecule has 0 amide bonds. The molecule has 4 aromatic rings. The summed E-state index contributed by atoms with van der Waals surface area (Å²) in [6.07, 6.45) is 0. The van der Waals surface area contributed by atoms with Crippen LogP contribution in [-0.2, 0) is 0 Å². The van der Waals surface area contributed by atoms with Crippen LogP contribution in [0.15, 0.2) is 9.59 Å². The summed E-state index contributed by atoms with van der Waals surface area (Å²) >= 11 is 0. The van der Waals surface area contributed by atoms with E-state index in [1.165, 1.54) is 0 Å². The van der Waals surface area contributed by atoms with Gasteiger partial charge in [0, 0.05) is 0 Å². The van der Waals surface area contributed by atoms with Gasteiger partial charge in [-0.25, -0.2) is 0 Å². The Hall–Kier alpha value is -2.84. The SMILES string of the molecule is O=c1[nH]c(=O)c2c3nnnc3c3nnnc3c12. The van der Waals surface area contributed by atoms with Gasteiger partial charge in [0.25, 0.3) is 11.1 Å². The third kappa shape index (κ3) is 0.804. The van der Waals surface area contributed by atoms with Crippen molar-refractivity contribution >= 4 is 32.8 Å². The van der Waals surface area contributed by atoms with Crippen LogP contribution in [0, 0.1) is 0 Å². The Morgan fingerprint density at radius 3 is 1.53 bits per heavy atom. The van der Waals surface area contributed by atoms with Crippen LogP contribution < -0.4 is 11.1 Å². The van der Waals surface area contributed by atoms with Crippen molar-refractivity contribution in [2.75, 3.05) is 0 Å². The molecule has 0 saturated carbocycles. The first-order valence-electron chi connectivity index (χ1n) is 4.60. The predicted molar refractivity (Wildman–Crippen MR) is 55.0 cm³/mol. The summed E-state index contributed by atoms with van der Waals surface area (Å²) in [7, 11) is 0. The van der Waals surface area contributed by atoms with Crippen molar-refractivity contribution in [3.8, 4) is 0 Å². The lowest BCUT2D eigenvalue weighted by Gasteiger charge is -1.88. The summed E-state index contributed by atoms with van der Waals surface area (Å²) in [6, 6.07) is 0. The molecule has 9 heteroatoms. The average molecular weight is 227 g/mol. The zero-order valence-corrected chi connectivity index (χ0v) is 8.00. The molecule has 0 radical (unpaired) electrons. The second kappa shape index (κ2) is 2.45. The minimum absolute atomic E-state index is 0.143. The molecule has 9 nitrogen and oxygen atoms in total. The molecular formula is C8HN7O2. The topological polar surface area (TPSA) is 127 Å². The third-order valence-electron chi connectivity index (χ3n) is 2.66. The van der Waals surface area contributed by atoms with Crippen LogP contribution in [0.25, 0.3) is 32.8 Å². The van der Waals surface area contributed by atoms with Gasteiger partial charge < -0.3 is 0 Å². The molecular weight excluding hydrogens is 226 g/mol. The maximum absolute atomic E-state index is 11.7. The predicted octanol–water partition coefficient (Wildman–Crippen LogP) is -1.56. The molecule has 4 rings (SSSR count). The number of benzene rings is 1. The molecule has 1 N–H and O–H groups in total. The highest BCUT2D eigenvalue weighted by atomic mass is 16.2. The Labute approximate surface area is 90.2 Å². The summed E-state index contributed by atoms with van der Waals surface area (Å²) in [5.74, 6) is 0. The minimum atomic E-state index is -0.526. The molecule has 0 saturated heterocycles. The number of aromatic amines is 1. The summed E-state index contributed by atoms with van der Waals surface area (Å²) < 4.78 is 0. The Morgan fingerprint density at radius 2 is 1.06 bits per heavy atom. The molecule has 3 aromatic heterocycles. The summed E-state index contributed by atoms with van der Waals surface area (Å²) in [6.45, 7) is 0. The number of fused-ring (bicyclic) bond motifs is 6. The highest BCUT2D eigenvalue weighted by Crippen LogP contribution is 2.25. The molecule has 0 spiro atoms. The van der Waals surface area contributed by atoms with E-state index in [1.807, 2.05) is 0 Å². The van der Waals surface area contributed by atoms with Crippen LogP contribution in [0.1, 0.15) is 0 Å². The molecule has 1 aromatic carbocycles. The second-order valence-electron chi connectivity index (χ2n) is 3.51. The molecule has 0 aliphatic carbocycles. The molecule has 80 valence electrons. The fraction of sp³-hybridized carbons (Fsp3) is 0. The molecule has 0 atom stereocenters. The van der Waals surface area contributed by atoms with Crippen LogP contribution in [0.5, 0.6) is 0 Å². The smallest absolute Gasteiger partial charge is 0.261 e. The number of hydrogen-bond donors (Lipinski definition) is 1. The lowest BCUT2D eigenvalue weighted by atomic mass is 10.1. The lowest BCUT2D eigenvalue weighted by Crippen LogP contribution is -2.05. The van der Waals surface area contributed by atoms with Crippen LogP contribution in [0.2, 0.25) is 0 Å². The van der Waals surface area contributed by atoms with Crippen LogP contribution >= 0.6 is 0 Å². The van der Waals surface area contributed by atoms with Gasteiger partial charge in [-0.3, -0.25) is 14.6 Å². The van der Waals surface area contributed by atoms with Crippen LogP contribution in [0.4, 0.5) is 0 Å². The fourth-order valence-electron chi connectivity index (χ4n) is 1.98. The second-order valence-corrected chi connectivity index (χ2v) is 3.51. The Kier molecular flexibility index (Phi) is 1.20. The van der Waals surface area contributed by atoms with Crippen molar-refractivity contribution in [1.82, 2.24) is 35.8 Å². The van der Waals surface area contributed by atoms with E-state index >= 15 is 0 Å². The van der Waals surface area contributed by atoms with E-state index in [1.54, 1.807) is 0 Å². The fourth-order valence-corrected chi connectivity index (χ4v) is 1.98. The first-order valence-corrected chi connectivity index (χ1v) is 4.60. The van der Waals surface area contributed by atoms with Gasteiger partial charge in [0.05, 0.1) is 10.8 Å². The highest BCUT2D eigenvalue weighted by Gasteiger charge is 2.21. The van der Waals surface area contributed by atoms with E-state index in [2.05, 4.69) is 35.8 Å². The summed E-state index contributed by atoms with van der Waals surface area (Å²) in [5, 5.41) is 22.2. The summed E-state index contributed by atoms with van der Waals surface area (Å²) in [4.78, 5) is 25.5. The van der Waals surface area contributed by atoms with Crippen molar-refractivity contribution < 1.29 is 0 Å². The molecule has 0 bridgehead atoms. The van der Waals surface area contributed by atoms with Crippen molar-refractivity contribution in [2.24, 2.45) is 0 Å². The maximum atomic E-state index is 11.7. The first-order chi connectivity index (χ1) is 8.27. The first kappa shape index (κ1) is 8.33. The molecule has 3 heterocycles. The van der Waals surface area contributed by atoms with E-state index in [0.717, 1.165) is 0 Å². The van der Waals surface area contributed by atoms with E-state index in [-0.39, 0.29) is 21.8 Å². The molecule has 0 fully saturated rings. The van der Waals surface area contributed by atoms with Gasteiger partial charge in [0.2, 0.25) is 0 Å². The number of hydrogen-bond acceptors (Lipinski definition) is 8. The normalized spacial score (nSPS) is 12.0. The number of H-pyrrole nitrogens is 1. The molecule has 0 aliphatic rings. The Bertz CT molecular complexity index is 900. The van der Waals surface area contributed by atoms with Crippen LogP contribution in [0.3, 0.4) is 0 Å². The van der Waals surface area contributed by atoms with Gasteiger partial charge in [0.1, 0.15) is 22.1 Å². The van der Waals surface area contributed by atoms with Crippen molar-refractivity contribution in [3.05, 3.63) is 20.7 Å². The number of nitrogens with zero attached hydrogens (tertiary/aromatic N) is 6. The van der Waals surface area contributed by atoms with Crippen LogP contribution in [-0.4, -0.2) is 35.8 Å². The van der Waals surface area contributed by atoms with Gasteiger partial charge in [-0.05, 0) is 10.4 Å². The average Bonchev–Trinajstić information content (AvgIpc) is 2.96. The van der Waals surface area contributed by atoms with Gasteiger partial charge in [-0.15, -0.1) is 20.4 Å². The standard InChI is InChI=1S/C8HN7O2/c16-7-1-2(8(17)9-7)4-6(13-15-11-4)5-3(1)10-14-12-5/h(H,9,16,17). The highest BCUT2D eigenvalue weighted by molar-refractivity contribution is 6.20. The quantitative estimate of drug-likeness (QED) is 0.382. The minimum Gasteiger partial charge on any atom is -0.288 e. The van der Waals surface area contributed by atoms with E-state index in [0.29, 0.717) is 11.0 Å².